The molecule has 4 heterocycles. The maximum Gasteiger partial charge on any atom is 0.411 e. The molecule has 37 heavy (non-hydrogen) atoms. The lowest BCUT2D eigenvalue weighted by Gasteiger charge is -2.34. The Kier molecular flexibility index (Phi) is 5.96. The second-order valence-electron chi connectivity index (χ2n) is 9.57. The molecule has 2 amide bonds. The van der Waals surface area contributed by atoms with Crippen LogP contribution in [0.3, 0.4) is 0 Å². The van der Waals surface area contributed by atoms with Gasteiger partial charge >= 0.3 is 6.09 Å². The van der Waals surface area contributed by atoms with E-state index in [1.807, 2.05) is 61.5 Å². The summed E-state index contributed by atoms with van der Waals surface area (Å²) in [6, 6.07) is 17.0. The summed E-state index contributed by atoms with van der Waals surface area (Å²) in [5.74, 6) is -0.242. The van der Waals surface area contributed by atoms with Gasteiger partial charge in [0, 0.05) is 46.6 Å². The van der Waals surface area contributed by atoms with Crippen molar-refractivity contribution < 1.29 is 19.2 Å². The number of pyridine rings is 1. The van der Waals surface area contributed by atoms with Crippen molar-refractivity contribution >= 4 is 39.5 Å². The predicted molar refractivity (Wildman–Crippen MR) is 139 cm³/mol. The maximum atomic E-state index is 13.4. The fourth-order valence-electron chi connectivity index (χ4n) is 5.07. The molecule has 0 spiro atoms. The van der Waals surface area contributed by atoms with Crippen LogP contribution in [0.2, 0.25) is 0 Å². The van der Waals surface area contributed by atoms with Crippen LogP contribution in [0.25, 0.3) is 21.8 Å². The fourth-order valence-corrected chi connectivity index (χ4v) is 5.07. The number of carbonyl (C=O) groups is 2. The summed E-state index contributed by atoms with van der Waals surface area (Å²) in [5.41, 5.74) is 5.51. The molecule has 9 nitrogen and oxygen atoms in total. The third-order valence-corrected chi connectivity index (χ3v) is 6.94. The molecule has 4 aromatic rings. The minimum Gasteiger partial charge on any atom is -0.444 e. The molecule has 0 saturated heterocycles. The van der Waals surface area contributed by atoms with Gasteiger partial charge in [0.1, 0.15) is 18.8 Å². The largest absolute Gasteiger partial charge is 0.444 e. The molecule has 0 saturated carbocycles. The Morgan fingerprint density at radius 2 is 2.00 bits per heavy atom. The molecule has 0 radical (unpaired) electrons. The van der Waals surface area contributed by atoms with E-state index in [9.17, 15) is 9.59 Å². The molecule has 6 rings (SSSR count). The number of fused-ring (bicyclic) bond motifs is 4. The molecule has 0 fully saturated rings. The highest BCUT2D eigenvalue weighted by atomic mass is 16.6. The van der Waals surface area contributed by atoms with E-state index in [0.717, 1.165) is 44.3 Å². The summed E-state index contributed by atoms with van der Waals surface area (Å²) in [6.45, 7) is 2.53. The molecule has 188 valence electrons. The molecule has 0 bridgehead atoms. The first-order chi connectivity index (χ1) is 18.0. The average Bonchev–Trinajstić information content (AvgIpc) is 3.51. The quantitative estimate of drug-likeness (QED) is 0.432. The van der Waals surface area contributed by atoms with Gasteiger partial charge in [0.15, 0.2) is 0 Å². The zero-order valence-electron chi connectivity index (χ0n) is 20.4. The number of nitrogens with zero attached hydrogens (tertiary/aromatic N) is 3. The number of oxime groups is 1. The van der Waals surface area contributed by atoms with E-state index in [1.54, 1.807) is 6.20 Å². The Hall–Kier alpha value is -4.40. The summed E-state index contributed by atoms with van der Waals surface area (Å²) in [7, 11) is 0. The van der Waals surface area contributed by atoms with Crippen LogP contribution >= 0.6 is 0 Å². The Morgan fingerprint density at radius 1 is 1.16 bits per heavy atom. The van der Waals surface area contributed by atoms with E-state index in [1.165, 1.54) is 4.90 Å². The number of nitrogens with one attached hydrogen (secondary N) is 2. The number of aromatic amines is 1. The molecule has 2 atom stereocenters. The van der Waals surface area contributed by atoms with Gasteiger partial charge in [-0.15, -0.1) is 0 Å². The standard InChI is InChI=1S/C28H27N5O4/c1-17-10-20(37-32-17)14-30-27(34)26-12-22-21-7-3-5-9-24(21)31-25(22)15-33(26)28(35)36-16-18-11-19-6-2-4-8-23(19)29-13-18/h2-9,11,13,20,26,31H,10,12,14-16H2,1H3,(H,30,34)/t20-,26-/m0/s1. The van der Waals surface area contributed by atoms with Crippen LogP contribution in [-0.4, -0.2) is 51.3 Å². The molecule has 9 heteroatoms. The summed E-state index contributed by atoms with van der Waals surface area (Å²) in [5, 5.41) is 8.95. The Balaban J connectivity index is 1.21. The van der Waals surface area contributed by atoms with Gasteiger partial charge in [-0.05, 0) is 30.7 Å². The van der Waals surface area contributed by atoms with Gasteiger partial charge in [0.25, 0.3) is 0 Å². The van der Waals surface area contributed by atoms with Crippen LogP contribution in [0.4, 0.5) is 4.79 Å². The number of carbonyl (C=O) groups excluding carboxylic acids is 2. The van der Waals surface area contributed by atoms with Gasteiger partial charge in [0.05, 0.1) is 24.3 Å². The molecular weight excluding hydrogens is 470 g/mol. The summed E-state index contributed by atoms with van der Waals surface area (Å²) >= 11 is 0. The highest BCUT2D eigenvalue weighted by molar-refractivity contribution is 5.90. The number of hydrogen-bond donors (Lipinski definition) is 2. The van der Waals surface area contributed by atoms with Gasteiger partial charge in [-0.25, -0.2) is 4.79 Å². The Bertz CT molecular complexity index is 1530. The van der Waals surface area contributed by atoms with Crippen LogP contribution in [0.15, 0.2) is 65.9 Å². The minimum atomic E-state index is -0.711. The van der Waals surface area contributed by atoms with E-state index in [-0.39, 0.29) is 25.2 Å². The zero-order valence-corrected chi connectivity index (χ0v) is 20.4. The molecule has 2 aromatic heterocycles. The highest BCUT2D eigenvalue weighted by Gasteiger charge is 2.37. The number of hydrogen-bond acceptors (Lipinski definition) is 6. The number of amides is 2. The molecular formula is C28H27N5O4. The van der Waals surface area contributed by atoms with Crippen molar-refractivity contribution in [3.05, 3.63) is 77.6 Å². The number of ether oxygens (including phenoxy) is 1. The molecule has 0 unspecified atom stereocenters. The van der Waals surface area contributed by atoms with E-state index in [4.69, 9.17) is 9.57 Å². The van der Waals surface area contributed by atoms with Crippen molar-refractivity contribution in [2.45, 2.75) is 45.1 Å². The van der Waals surface area contributed by atoms with E-state index < -0.39 is 12.1 Å². The summed E-state index contributed by atoms with van der Waals surface area (Å²) < 4.78 is 5.69. The van der Waals surface area contributed by atoms with E-state index in [0.29, 0.717) is 19.4 Å². The molecule has 0 aliphatic carbocycles. The molecule has 2 aromatic carbocycles. The number of rotatable bonds is 5. The fraction of sp³-hybridized carbons (Fsp3) is 0.286. The van der Waals surface area contributed by atoms with Gasteiger partial charge in [-0.1, -0.05) is 41.6 Å². The maximum absolute atomic E-state index is 13.4. The highest BCUT2D eigenvalue weighted by Crippen LogP contribution is 2.31. The second-order valence-corrected chi connectivity index (χ2v) is 9.57. The zero-order chi connectivity index (χ0) is 25.4. The Labute approximate surface area is 213 Å². The smallest absolute Gasteiger partial charge is 0.411 e. The first-order valence-electron chi connectivity index (χ1n) is 12.4. The van der Waals surface area contributed by atoms with Crippen LogP contribution in [0, 0.1) is 0 Å². The number of benzene rings is 2. The lowest BCUT2D eigenvalue weighted by Crippen LogP contribution is -2.53. The number of aromatic nitrogens is 2. The van der Waals surface area contributed by atoms with Crippen LogP contribution < -0.4 is 5.32 Å². The van der Waals surface area contributed by atoms with Crippen molar-refractivity contribution in [3.8, 4) is 0 Å². The van der Waals surface area contributed by atoms with Crippen molar-refractivity contribution in [1.82, 2.24) is 20.2 Å². The summed E-state index contributed by atoms with van der Waals surface area (Å²) in [4.78, 5) is 41.4. The Morgan fingerprint density at radius 3 is 2.86 bits per heavy atom. The molecule has 2 aliphatic heterocycles. The third-order valence-electron chi connectivity index (χ3n) is 6.94. The van der Waals surface area contributed by atoms with Crippen molar-refractivity contribution in [1.29, 1.82) is 0 Å². The minimum absolute atomic E-state index is 0.0631. The third kappa shape index (κ3) is 4.60. The lowest BCUT2D eigenvalue weighted by molar-refractivity contribution is -0.127. The van der Waals surface area contributed by atoms with Crippen LogP contribution in [0.5, 0.6) is 0 Å². The molecule has 2 N–H and O–H groups in total. The van der Waals surface area contributed by atoms with E-state index >= 15 is 0 Å². The van der Waals surface area contributed by atoms with E-state index in [2.05, 4.69) is 20.4 Å². The van der Waals surface area contributed by atoms with Gasteiger partial charge in [-0.3, -0.25) is 14.7 Å². The number of H-pyrrole nitrogens is 1. The lowest BCUT2D eigenvalue weighted by atomic mass is 9.96. The SMILES string of the molecule is CC1=NO[C@H](CNC(=O)[C@@H]2Cc3c([nH]c4ccccc34)CN2C(=O)OCc2cnc3ccccc3c2)C1. The van der Waals surface area contributed by atoms with Crippen molar-refractivity contribution in [2.75, 3.05) is 6.54 Å². The van der Waals surface area contributed by atoms with Crippen LogP contribution in [0.1, 0.15) is 30.2 Å². The predicted octanol–water partition coefficient (Wildman–Crippen LogP) is 4.06. The normalized spacial score (nSPS) is 18.8. The first-order valence-corrected chi connectivity index (χ1v) is 12.4. The van der Waals surface area contributed by atoms with Gasteiger partial charge in [0.2, 0.25) is 5.91 Å². The van der Waals surface area contributed by atoms with Crippen molar-refractivity contribution in [2.24, 2.45) is 5.16 Å². The monoisotopic (exact) mass is 497 g/mol. The topological polar surface area (TPSA) is 109 Å². The van der Waals surface area contributed by atoms with Crippen LogP contribution in [-0.2, 0) is 33.9 Å². The second kappa shape index (κ2) is 9.57. The van der Waals surface area contributed by atoms with Gasteiger partial charge in [-0.2, -0.15) is 0 Å². The summed E-state index contributed by atoms with van der Waals surface area (Å²) in [6.07, 6.45) is 2.02. The number of para-hydroxylation sites is 2. The van der Waals surface area contributed by atoms with Crippen molar-refractivity contribution in [3.63, 3.8) is 0 Å². The van der Waals surface area contributed by atoms with Gasteiger partial charge < -0.3 is 19.9 Å². The molecule has 2 aliphatic rings. The first kappa shape index (κ1) is 23.0. The average molecular weight is 498 g/mol.